The molecule has 0 aliphatic carbocycles. The van der Waals surface area contributed by atoms with E-state index in [4.69, 9.17) is 0 Å². The molecule has 0 radical (unpaired) electrons. The highest BCUT2D eigenvalue weighted by Gasteiger charge is 2.17. The maximum absolute atomic E-state index is 12.4. The molecule has 2 N–H and O–H groups in total. The van der Waals surface area contributed by atoms with Crippen LogP contribution in [0, 0.1) is 0 Å². The summed E-state index contributed by atoms with van der Waals surface area (Å²) in [5.74, 6) is 0.952. The third-order valence-corrected chi connectivity index (χ3v) is 4.91. The number of nitrogens with one attached hydrogen (secondary N) is 2. The molecule has 1 amide bonds. The lowest BCUT2D eigenvalue weighted by molar-refractivity contribution is 0.102. The van der Waals surface area contributed by atoms with Crippen molar-refractivity contribution in [3.05, 3.63) is 47.8 Å². The molecule has 1 unspecified atom stereocenters. The number of aryl methyl sites for hydroxylation is 1. The van der Waals surface area contributed by atoms with Crippen LogP contribution in [0.4, 0.5) is 5.69 Å². The lowest BCUT2D eigenvalue weighted by Gasteiger charge is -2.22. The van der Waals surface area contributed by atoms with E-state index >= 15 is 0 Å². The SMILES string of the molecule is CSCCc1ccc(NC(=O)c2ccn(C3CCCNC3)n2)cc1.Cl. The molecule has 1 aliphatic rings. The van der Waals surface area contributed by atoms with E-state index in [0.717, 1.165) is 43.8 Å². The van der Waals surface area contributed by atoms with Crippen molar-refractivity contribution in [3.8, 4) is 0 Å². The Bertz CT molecular complexity index is 668. The Morgan fingerprint density at radius 3 is 2.84 bits per heavy atom. The van der Waals surface area contributed by atoms with Crippen molar-refractivity contribution in [1.29, 1.82) is 0 Å². The summed E-state index contributed by atoms with van der Waals surface area (Å²) in [5.41, 5.74) is 2.56. The second-order valence-electron chi connectivity index (χ2n) is 6.08. The minimum atomic E-state index is -0.158. The molecule has 3 rings (SSSR count). The fourth-order valence-electron chi connectivity index (χ4n) is 2.89. The van der Waals surface area contributed by atoms with Crippen molar-refractivity contribution in [2.24, 2.45) is 0 Å². The van der Waals surface area contributed by atoms with Gasteiger partial charge in [0.15, 0.2) is 5.69 Å². The van der Waals surface area contributed by atoms with Crippen LogP contribution in [0.25, 0.3) is 0 Å². The van der Waals surface area contributed by atoms with Crippen LogP contribution in [-0.2, 0) is 6.42 Å². The van der Waals surface area contributed by atoms with Crippen LogP contribution in [-0.4, -0.2) is 40.8 Å². The van der Waals surface area contributed by atoms with Gasteiger partial charge in [-0.2, -0.15) is 16.9 Å². The number of thioether (sulfide) groups is 1. The summed E-state index contributed by atoms with van der Waals surface area (Å²) in [6, 6.07) is 10.2. The first-order chi connectivity index (χ1) is 11.8. The monoisotopic (exact) mass is 380 g/mol. The lowest BCUT2D eigenvalue weighted by Crippen LogP contribution is -2.32. The van der Waals surface area contributed by atoms with Gasteiger partial charge in [0.2, 0.25) is 0 Å². The molecule has 0 spiro atoms. The van der Waals surface area contributed by atoms with Crippen LogP contribution in [0.1, 0.15) is 34.9 Å². The average molecular weight is 381 g/mol. The number of halogens is 1. The molecule has 136 valence electrons. The molecule has 1 saturated heterocycles. The first-order valence-corrected chi connectivity index (χ1v) is 9.81. The molecule has 1 aromatic heterocycles. The van der Waals surface area contributed by atoms with Crippen LogP contribution in [0.5, 0.6) is 0 Å². The number of piperidine rings is 1. The summed E-state index contributed by atoms with van der Waals surface area (Å²) in [4.78, 5) is 12.4. The fourth-order valence-corrected chi connectivity index (χ4v) is 3.33. The van der Waals surface area contributed by atoms with E-state index in [1.54, 1.807) is 6.07 Å². The number of nitrogens with zero attached hydrogens (tertiary/aromatic N) is 2. The van der Waals surface area contributed by atoms with Crippen LogP contribution in [0.3, 0.4) is 0 Å². The van der Waals surface area contributed by atoms with Gasteiger partial charge in [-0.1, -0.05) is 12.1 Å². The molecular weight excluding hydrogens is 356 g/mol. The van der Waals surface area contributed by atoms with Gasteiger partial charge in [0, 0.05) is 18.4 Å². The second-order valence-corrected chi connectivity index (χ2v) is 7.06. The molecule has 1 fully saturated rings. The zero-order chi connectivity index (χ0) is 16.8. The molecule has 0 bridgehead atoms. The lowest BCUT2D eigenvalue weighted by atomic mass is 10.1. The number of hydrogen-bond donors (Lipinski definition) is 2. The minimum Gasteiger partial charge on any atom is -0.321 e. The van der Waals surface area contributed by atoms with E-state index in [1.807, 2.05) is 34.8 Å². The average Bonchev–Trinajstić information content (AvgIpc) is 3.12. The molecular formula is C18H25ClN4OS. The number of carbonyl (C=O) groups excluding carboxylic acids is 1. The molecule has 1 atom stereocenters. The Kier molecular flexibility index (Phi) is 7.81. The van der Waals surface area contributed by atoms with E-state index in [2.05, 4.69) is 34.1 Å². The number of rotatable bonds is 6. The first-order valence-electron chi connectivity index (χ1n) is 8.41. The first kappa shape index (κ1) is 19.8. The van der Waals surface area contributed by atoms with Gasteiger partial charge in [0.05, 0.1) is 6.04 Å². The summed E-state index contributed by atoms with van der Waals surface area (Å²) in [5, 5.41) is 10.7. The highest BCUT2D eigenvalue weighted by Crippen LogP contribution is 2.17. The van der Waals surface area contributed by atoms with Crippen LogP contribution >= 0.6 is 24.2 Å². The molecule has 2 aromatic rings. The van der Waals surface area contributed by atoms with Gasteiger partial charge in [0.25, 0.3) is 5.91 Å². The van der Waals surface area contributed by atoms with Crippen molar-refractivity contribution >= 4 is 35.8 Å². The minimum absolute atomic E-state index is 0. The smallest absolute Gasteiger partial charge is 0.276 e. The van der Waals surface area contributed by atoms with Gasteiger partial charge in [-0.3, -0.25) is 9.48 Å². The van der Waals surface area contributed by atoms with E-state index in [1.165, 1.54) is 5.56 Å². The normalized spacial score (nSPS) is 16.9. The Labute approximate surface area is 159 Å². The van der Waals surface area contributed by atoms with Gasteiger partial charge in [0.1, 0.15) is 0 Å². The van der Waals surface area contributed by atoms with Crippen molar-refractivity contribution in [3.63, 3.8) is 0 Å². The largest absolute Gasteiger partial charge is 0.321 e. The topological polar surface area (TPSA) is 59.0 Å². The van der Waals surface area contributed by atoms with Crippen molar-refractivity contribution in [2.45, 2.75) is 25.3 Å². The number of hydrogen-bond acceptors (Lipinski definition) is 4. The summed E-state index contributed by atoms with van der Waals surface area (Å²) in [7, 11) is 0. The van der Waals surface area contributed by atoms with Crippen molar-refractivity contribution < 1.29 is 4.79 Å². The van der Waals surface area contributed by atoms with Gasteiger partial charge < -0.3 is 10.6 Å². The predicted octanol–water partition coefficient (Wildman–Crippen LogP) is 3.39. The zero-order valence-electron chi connectivity index (χ0n) is 14.4. The molecule has 7 heteroatoms. The Hall–Kier alpha value is -1.50. The van der Waals surface area contributed by atoms with Gasteiger partial charge in [-0.25, -0.2) is 0 Å². The van der Waals surface area contributed by atoms with E-state index in [9.17, 15) is 4.79 Å². The third kappa shape index (κ3) is 5.49. The fraction of sp³-hybridized carbons (Fsp3) is 0.444. The highest BCUT2D eigenvalue weighted by atomic mass is 35.5. The molecule has 5 nitrogen and oxygen atoms in total. The Morgan fingerprint density at radius 1 is 1.36 bits per heavy atom. The Morgan fingerprint density at radius 2 is 2.16 bits per heavy atom. The summed E-state index contributed by atoms with van der Waals surface area (Å²) in [6.07, 6.45) is 7.31. The number of anilines is 1. The number of amides is 1. The van der Waals surface area contributed by atoms with Crippen LogP contribution in [0.2, 0.25) is 0 Å². The zero-order valence-corrected chi connectivity index (χ0v) is 16.0. The number of carbonyl (C=O) groups is 1. The van der Waals surface area contributed by atoms with Crippen molar-refractivity contribution in [2.75, 3.05) is 30.4 Å². The third-order valence-electron chi connectivity index (χ3n) is 4.29. The maximum atomic E-state index is 12.4. The summed E-state index contributed by atoms with van der Waals surface area (Å²) >= 11 is 1.84. The van der Waals surface area contributed by atoms with Gasteiger partial charge >= 0.3 is 0 Å². The van der Waals surface area contributed by atoms with Crippen LogP contribution < -0.4 is 10.6 Å². The van der Waals surface area contributed by atoms with Crippen molar-refractivity contribution in [1.82, 2.24) is 15.1 Å². The van der Waals surface area contributed by atoms with E-state index in [0.29, 0.717) is 11.7 Å². The van der Waals surface area contributed by atoms with E-state index in [-0.39, 0.29) is 18.3 Å². The molecule has 25 heavy (non-hydrogen) atoms. The van der Waals surface area contributed by atoms with Gasteiger partial charge in [-0.05, 0) is 61.6 Å². The molecule has 1 aliphatic heterocycles. The van der Waals surface area contributed by atoms with E-state index < -0.39 is 0 Å². The number of aromatic nitrogens is 2. The molecule has 1 aromatic carbocycles. The summed E-state index contributed by atoms with van der Waals surface area (Å²) < 4.78 is 1.91. The quantitative estimate of drug-likeness (QED) is 0.806. The number of benzene rings is 1. The predicted molar refractivity (Wildman–Crippen MR) is 107 cm³/mol. The standard InChI is InChI=1S/C18H24N4OS.ClH/c1-24-12-9-14-4-6-15(7-5-14)20-18(23)17-8-11-22(21-17)16-3-2-10-19-13-16;/h4-8,11,16,19H,2-3,9-10,12-13H2,1H3,(H,20,23);1H. The molecule has 2 heterocycles. The van der Waals surface area contributed by atoms with Crippen LogP contribution in [0.15, 0.2) is 36.5 Å². The summed E-state index contributed by atoms with van der Waals surface area (Å²) in [6.45, 7) is 1.98. The maximum Gasteiger partial charge on any atom is 0.276 e. The highest BCUT2D eigenvalue weighted by molar-refractivity contribution is 7.98. The second kappa shape index (κ2) is 9.85. The Balaban J connectivity index is 0.00000225. The molecule has 0 saturated carbocycles. The van der Waals surface area contributed by atoms with Gasteiger partial charge in [-0.15, -0.1) is 12.4 Å².